The highest BCUT2D eigenvalue weighted by molar-refractivity contribution is 8.00. The van der Waals surface area contributed by atoms with E-state index in [9.17, 15) is 4.79 Å². The smallest absolute Gasteiger partial charge is 0.355 e. The molecule has 4 heteroatoms. The summed E-state index contributed by atoms with van der Waals surface area (Å²) in [6.07, 6.45) is 3.45. The van der Waals surface area contributed by atoms with Gasteiger partial charge < -0.3 is 9.46 Å². The second-order valence-corrected chi connectivity index (χ2v) is 2.86. The van der Waals surface area contributed by atoms with Crippen molar-refractivity contribution in [1.82, 2.24) is 4.72 Å². The van der Waals surface area contributed by atoms with Crippen LogP contribution in [0.15, 0.2) is 35.4 Å². The topological polar surface area (TPSA) is 38.3 Å². The Hall–Kier alpha value is -1.16. The number of allylic oxidation sites excluding steroid dienone is 3. The van der Waals surface area contributed by atoms with Crippen molar-refractivity contribution in [3.8, 4) is 0 Å². The minimum Gasteiger partial charge on any atom is -0.464 e. The predicted molar refractivity (Wildman–Crippen MR) is 49.1 cm³/mol. The molecule has 12 heavy (non-hydrogen) atoms. The van der Waals surface area contributed by atoms with Gasteiger partial charge >= 0.3 is 5.97 Å². The Balaban J connectivity index is 2.78. The quantitative estimate of drug-likeness (QED) is 0.492. The Morgan fingerprint density at radius 3 is 3.17 bits per heavy atom. The Morgan fingerprint density at radius 1 is 1.75 bits per heavy atom. The molecule has 0 aromatic carbocycles. The Bertz CT molecular complexity index is 268. The van der Waals surface area contributed by atoms with E-state index in [1.165, 1.54) is 19.1 Å². The first kappa shape index (κ1) is 8.93. The molecule has 0 aromatic heterocycles. The van der Waals surface area contributed by atoms with Gasteiger partial charge in [0, 0.05) is 0 Å². The summed E-state index contributed by atoms with van der Waals surface area (Å²) in [5.41, 5.74) is 1.19. The monoisotopic (exact) mass is 183 g/mol. The highest BCUT2D eigenvalue weighted by atomic mass is 32.2. The molecule has 0 amide bonds. The van der Waals surface area contributed by atoms with E-state index in [0.717, 1.165) is 5.57 Å². The molecule has 0 saturated heterocycles. The molecule has 0 bridgehead atoms. The number of ether oxygens (including phenoxy) is 1. The van der Waals surface area contributed by atoms with Crippen molar-refractivity contribution in [2.75, 3.05) is 7.11 Å². The van der Waals surface area contributed by atoms with E-state index >= 15 is 0 Å². The lowest BCUT2D eigenvalue weighted by molar-refractivity contribution is -0.136. The molecule has 0 aromatic rings. The molecule has 1 rings (SSSR count). The van der Waals surface area contributed by atoms with Crippen molar-refractivity contribution in [2.45, 2.75) is 0 Å². The maximum Gasteiger partial charge on any atom is 0.355 e. The van der Waals surface area contributed by atoms with E-state index in [1.807, 2.05) is 11.5 Å². The van der Waals surface area contributed by atoms with E-state index in [4.69, 9.17) is 0 Å². The molecule has 0 radical (unpaired) electrons. The summed E-state index contributed by atoms with van der Waals surface area (Å²) >= 11 is 1.31. The van der Waals surface area contributed by atoms with Crippen LogP contribution in [0.4, 0.5) is 0 Å². The number of hydrogen-bond acceptors (Lipinski definition) is 4. The lowest BCUT2D eigenvalue weighted by Crippen LogP contribution is -2.14. The standard InChI is InChI=1S/C8H9NO2S/c1-6-3-4-12-9-7(5-6)8(10)11-2/h3-5,9H,1H2,2H3. The zero-order chi connectivity index (χ0) is 8.97. The van der Waals surface area contributed by atoms with Gasteiger partial charge in [-0.3, -0.25) is 0 Å². The van der Waals surface area contributed by atoms with E-state index in [2.05, 4.69) is 16.0 Å². The van der Waals surface area contributed by atoms with Gasteiger partial charge in [-0.25, -0.2) is 4.79 Å². The van der Waals surface area contributed by atoms with Crippen molar-refractivity contribution in [3.05, 3.63) is 35.4 Å². The highest BCUT2D eigenvalue weighted by Gasteiger charge is 2.09. The summed E-state index contributed by atoms with van der Waals surface area (Å²) in [6.45, 7) is 3.72. The zero-order valence-electron chi connectivity index (χ0n) is 6.66. The molecule has 1 N–H and O–H groups in total. The summed E-state index contributed by atoms with van der Waals surface area (Å²) in [6, 6.07) is 0. The second-order valence-electron chi connectivity index (χ2n) is 2.15. The molecule has 0 aliphatic carbocycles. The number of carbonyl (C=O) groups is 1. The zero-order valence-corrected chi connectivity index (χ0v) is 7.48. The van der Waals surface area contributed by atoms with Crippen molar-refractivity contribution < 1.29 is 9.53 Å². The molecular formula is C8H9NO2S. The van der Waals surface area contributed by atoms with Crippen LogP contribution in [0.2, 0.25) is 0 Å². The average Bonchev–Trinajstić information content (AvgIpc) is 2.28. The molecule has 0 atom stereocenters. The minimum absolute atomic E-state index is 0.382. The first-order valence-electron chi connectivity index (χ1n) is 3.31. The fourth-order valence-electron chi connectivity index (χ4n) is 0.692. The summed E-state index contributed by atoms with van der Waals surface area (Å²) < 4.78 is 7.36. The van der Waals surface area contributed by atoms with Gasteiger partial charge in [0.2, 0.25) is 0 Å². The number of rotatable bonds is 1. The van der Waals surface area contributed by atoms with Crippen molar-refractivity contribution >= 4 is 17.9 Å². The van der Waals surface area contributed by atoms with Crippen LogP contribution < -0.4 is 4.72 Å². The number of nitrogens with one attached hydrogen (secondary N) is 1. The first-order valence-corrected chi connectivity index (χ1v) is 4.19. The summed E-state index contributed by atoms with van der Waals surface area (Å²) in [7, 11) is 1.34. The molecule has 0 spiro atoms. The largest absolute Gasteiger partial charge is 0.464 e. The molecule has 0 unspecified atom stereocenters. The molecule has 3 nitrogen and oxygen atoms in total. The van der Waals surface area contributed by atoms with E-state index in [-0.39, 0.29) is 5.97 Å². The van der Waals surface area contributed by atoms with Crippen molar-refractivity contribution in [2.24, 2.45) is 0 Å². The van der Waals surface area contributed by atoms with Crippen molar-refractivity contribution in [3.63, 3.8) is 0 Å². The second kappa shape index (κ2) is 4.01. The number of esters is 1. The van der Waals surface area contributed by atoms with Crippen LogP contribution in [0, 0.1) is 0 Å². The van der Waals surface area contributed by atoms with E-state index in [1.54, 1.807) is 6.08 Å². The van der Waals surface area contributed by atoms with Gasteiger partial charge in [-0.2, -0.15) is 0 Å². The fraction of sp³-hybridized carbons (Fsp3) is 0.125. The molecular weight excluding hydrogens is 174 g/mol. The molecule has 1 heterocycles. The van der Waals surface area contributed by atoms with Crippen LogP contribution >= 0.6 is 11.9 Å². The molecule has 1 aliphatic rings. The summed E-state index contributed by atoms with van der Waals surface area (Å²) in [4.78, 5) is 11.0. The van der Waals surface area contributed by atoms with Gasteiger partial charge in [-0.05, 0) is 35.1 Å². The fourth-order valence-corrected chi connectivity index (χ4v) is 1.27. The third-order valence-corrected chi connectivity index (χ3v) is 1.86. The number of carbonyl (C=O) groups excluding carboxylic acids is 1. The third kappa shape index (κ3) is 2.17. The average molecular weight is 183 g/mol. The molecule has 64 valence electrons. The Morgan fingerprint density at radius 2 is 2.50 bits per heavy atom. The SMILES string of the molecule is C=C1C=CSNC(C(=O)OC)=C1. The van der Waals surface area contributed by atoms with Gasteiger partial charge in [-0.1, -0.05) is 6.58 Å². The van der Waals surface area contributed by atoms with Gasteiger partial charge in [0.25, 0.3) is 0 Å². The van der Waals surface area contributed by atoms with Crippen LogP contribution in [-0.4, -0.2) is 13.1 Å². The molecule has 0 saturated carbocycles. The van der Waals surface area contributed by atoms with Crippen LogP contribution in [-0.2, 0) is 9.53 Å². The number of methoxy groups -OCH3 is 1. The van der Waals surface area contributed by atoms with Crippen LogP contribution in [0.25, 0.3) is 0 Å². The lowest BCUT2D eigenvalue weighted by atomic mass is 10.2. The van der Waals surface area contributed by atoms with Gasteiger partial charge in [0.05, 0.1) is 7.11 Å². The Labute approximate surface area is 75.3 Å². The first-order chi connectivity index (χ1) is 5.74. The molecule has 1 aliphatic heterocycles. The maximum atomic E-state index is 11.0. The summed E-state index contributed by atoms with van der Waals surface area (Å²) in [5.74, 6) is -0.382. The maximum absolute atomic E-state index is 11.0. The van der Waals surface area contributed by atoms with E-state index < -0.39 is 0 Å². The van der Waals surface area contributed by atoms with Crippen molar-refractivity contribution in [1.29, 1.82) is 0 Å². The highest BCUT2D eigenvalue weighted by Crippen LogP contribution is 2.12. The van der Waals surface area contributed by atoms with Gasteiger partial charge in [-0.15, -0.1) is 0 Å². The lowest BCUT2D eigenvalue weighted by Gasteiger charge is -2.03. The summed E-state index contributed by atoms with van der Waals surface area (Å²) in [5, 5.41) is 1.81. The van der Waals surface area contributed by atoms with Gasteiger partial charge in [0.15, 0.2) is 0 Å². The minimum atomic E-state index is -0.382. The van der Waals surface area contributed by atoms with Crippen LogP contribution in [0.1, 0.15) is 0 Å². The normalized spacial score (nSPS) is 16.1. The van der Waals surface area contributed by atoms with Gasteiger partial charge in [0.1, 0.15) is 5.70 Å². The van der Waals surface area contributed by atoms with Crippen LogP contribution in [0.3, 0.4) is 0 Å². The predicted octanol–water partition coefficient (Wildman–Crippen LogP) is 1.36. The third-order valence-electron chi connectivity index (χ3n) is 1.25. The molecule has 0 fully saturated rings. The van der Waals surface area contributed by atoms with E-state index in [0.29, 0.717) is 5.70 Å². The number of hydrogen-bond donors (Lipinski definition) is 1. The van der Waals surface area contributed by atoms with Crippen LogP contribution in [0.5, 0.6) is 0 Å². The Kier molecular flexibility index (Phi) is 2.99.